The summed E-state index contributed by atoms with van der Waals surface area (Å²) in [6.07, 6.45) is 0. The van der Waals surface area contributed by atoms with Crippen molar-refractivity contribution in [3.8, 4) is 11.5 Å². The van der Waals surface area contributed by atoms with Gasteiger partial charge in [-0.15, -0.1) is 0 Å². The molecule has 0 saturated carbocycles. The van der Waals surface area contributed by atoms with Crippen LogP contribution in [0.15, 0.2) is 77.7 Å². The normalized spacial score (nSPS) is 11.1. The van der Waals surface area contributed by atoms with Gasteiger partial charge in [-0.3, -0.25) is 4.79 Å². The Morgan fingerprint density at radius 3 is 2.24 bits per heavy atom. The number of ether oxygens (including phenoxy) is 1. The van der Waals surface area contributed by atoms with Crippen LogP contribution in [0.4, 0.5) is 5.69 Å². The van der Waals surface area contributed by atoms with E-state index in [4.69, 9.17) is 4.74 Å². The topological polar surface area (TPSA) is 84.5 Å². The molecule has 3 aromatic carbocycles. The fraction of sp³-hybridized carbons (Fsp3) is 0.136. The van der Waals surface area contributed by atoms with E-state index >= 15 is 0 Å². The number of benzene rings is 3. The van der Waals surface area contributed by atoms with Gasteiger partial charge >= 0.3 is 0 Å². The molecule has 0 atom stereocenters. The number of carbonyl (C=O) groups is 1. The fourth-order valence-electron chi connectivity index (χ4n) is 2.65. The van der Waals surface area contributed by atoms with Crippen molar-refractivity contribution in [2.24, 2.45) is 0 Å². The molecule has 0 spiro atoms. The Morgan fingerprint density at radius 1 is 0.931 bits per heavy atom. The number of para-hydroxylation sites is 2. The minimum atomic E-state index is -3.56. The van der Waals surface area contributed by atoms with Crippen LogP contribution in [-0.2, 0) is 10.0 Å². The van der Waals surface area contributed by atoms with Crippen molar-refractivity contribution in [1.29, 1.82) is 0 Å². The third-order valence-corrected chi connectivity index (χ3v) is 5.71. The summed E-state index contributed by atoms with van der Waals surface area (Å²) in [4.78, 5) is 12.7. The van der Waals surface area contributed by atoms with Gasteiger partial charge in [-0.1, -0.05) is 36.8 Å². The first-order valence-corrected chi connectivity index (χ1v) is 10.6. The van der Waals surface area contributed by atoms with E-state index in [-0.39, 0.29) is 10.8 Å². The standard InChI is InChI=1S/C22H22N2O4S/c1-3-23-29(26,27)19-14-10-17(11-15-19)22(25)24-20-6-4-5-7-21(20)28-18-12-8-16(2)9-13-18/h4-15,23H,3H2,1-2H3,(H,24,25). The van der Waals surface area contributed by atoms with Gasteiger partial charge in [0.2, 0.25) is 10.0 Å². The molecule has 0 aliphatic carbocycles. The maximum atomic E-state index is 12.6. The Bertz CT molecular complexity index is 1090. The molecule has 2 N–H and O–H groups in total. The van der Waals surface area contributed by atoms with E-state index in [1.807, 2.05) is 37.3 Å². The van der Waals surface area contributed by atoms with E-state index in [1.54, 1.807) is 25.1 Å². The molecule has 0 bridgehead atoms. The van der Waals surface area contributed by atoms with Gasteiger partial charge in [-0.25, -0.2) is 13.1 Å². The van der Waals surface area contributed by atoms with E-state index in [9.17, 15) is 13.2 Å². The van der Waals surface area contributed by atoms with Crippen molar-refractivity contribution < 1.29 is 17.9 Å². The molecule has 0 unspecified atom stereocenters. The number of hydrogen-bond donors (Lipinski definition) is 2. The number of sulfonamides is 1. The molecule has 1 amide bonds. The molecule has 150 valence electrons. The summed E-state index contributed by atoms with van der Waals surface area (Å²) in [7, 11) is -3.56. The molecule has 0 heterocycles. The quantitative estimate of drug-likeness (QED) is 0.607. The zero-order valence-corrected chi connectivity index (χ0v) is 17.0. The van der Waals surface area contributed by atoms with Gasteiger partial charge in [0.1, 0.15) is 5.75 Å². The van der Waals surface area contributed by atoms with Crippen molar-refractivity contribution in [3.63, 3.8) is 0 Å². The average molecular weight is 410 g/mol. The van der Waals surface area contributed by atoms with Crippen LogP contribution in [0.3, 0.4) is 0 Å². The number of anilines is 1. The first-order chi connectivity index (χ1) is 13.9. The third kappa shape index (κ3) is 5.22. The SMILES string of the molecule is CCNS(=O)(=O)c1ccc(C(=O)Nc2ccccc2Oc2ccc(C)cc2)cc1. The summed E-state index contributed by atoms with van der Waals surface area (Å²) in [5.74, 6) is 0.809. The summed E-state index contributed by atoms with van der Waals surface area (Å²) < 4.78 is 32.3. The Balaban J connectivity index is 1.76. The second-order valence-electron chi connectivity index (χ2n) is 6.39. The molecule has 0 saturated heterocycles. The highest BCUT2D eigenvalue weighted by Crippen LogP contribution is 2.29. The van der Waals surface area contributed by atoms with Crippen LogP contribution in [0.1, 0.15) is 22.8 Å². The monoisotopic (exact) mass is 410 g/mol. The third-order valence-electron chi connectivity index (χ3n) is 4.15. The van der Waals surface area contributed by atoms with E-state index in [1.165, 1.54) is 24.3 Å². The summed E-state index contributed by atoms with van der Waals surface area (Å²) >= 11 is 0. The van der Waals surface area contributed by atoms with Gasteiger partial charge in [0, 0.05) is 12.1 Å². The summed E-state index contributed by atoms with van der Waals surface area (Å²) in [6.45, 7) is 3.99. The number of hydrogen-bond acceptors (Lipinski definition) is 4. The Morgan fingerprint density at radius 2 is 1.59 bits per heavy atom. The van der Waals surface area contributed by atoms with Crippen molar-refractivity contribution in [3.05, 3.63) is 83.9 Å². The van der Waals surface area contributed by atoms with E-state index in [0.717, 1.165) is 5.56 Å². The molecule has 7 heteroatoms. The van der Waals surface area contributed by atoms with Gasteiger partial charge < -0.3 is 10.1 Å². The Kier molecular flexibility index (Phi) is 6.31. The van der Waals surface area contributed by atoms with Crippen LogP contribution >= 0.6 is 0 Å². The summed E-state index contributed by atoms with van der Waals surface area (Å²) in [5.41, 5.74) is 1.98. The average Bonchev–Trinajstić information content (AvgIpc) is 2.71. The van der Waals surface area contributed by atoms with Crippen LogP contribution in [0.2, 0.25) is 0 Å². The van der Waals surface area contributed by atoms with Crippen LogP contribution < -0.4 is 14.8 Å². The molecule has 3 aromatic rings. The van der Waals surface area contributed by atoms with Gasteiger partial charge in [0.25, 0.3) is 5.91 Å². The zero-order chi connectivity index (χ0) is 20.9. The minimum absolute atomic E-state index is 0.110. The predicted molar refractivity (Wildman–Crippen MR) is 113 cm³/mol. The number of rotatable bonds is 7. The Labute approximate surface area is 170 Å². The van der Waals surface area contributed by atoms with Gasteiger partial charge in [-0.05, 0) is 55.5 Å². The molecule has 29 heavy (non-hydrogen) atoms. The zero-order valence-electron chi connectivity index (χ0n) is 16.2. The molecular formula is C22H22N2O4S. The second kappa shape index (κ2) is 8.89. The van der Waals surface area contributed by atoms with Gasteiger partial charge in [0.05, 0.1) is 10.6 Å². The first kappa shape index (κ1) is 20.6. The first-order valence-electron chi connectivity index (χ1n) is 9.13. The number of aryl methyl sites for hydroxylation is 1. The number of nitrogens with one attached hydrogen (secondary N) is 2. The van der Waals surface area contributed by atoms with Crippen molar-refractivity contribution in [2.75, 3.05) is 11.9 Å². The molecule has 3 rings (SSSR count). The molecule has 0 aromatic heterocycles. The van der Waals surface area contributed by atoms with Crippen molar-refractivity contribution in [1.82, 2.24) is 4.72 Å². The van der Waals surface area contributed by atoms with Crippen LogP contribution in [-0.4, -0.2) is 20.9 Å². The highest BCUT2D eigenvalue weighted by atomic mass is 32.2. The lowest BCUT2D eigenvalue weighted by molar-refractivity contribution is 0.102. The van der Waals surface area contributed by atoms with Gasteiger partial charge in [0.15, 0.2) is 5.75 Å². The van der Waals surface area contributed by atoms with Crippen molar-refractivity contribution in [2.45, 2.75) is 18.7 Å². The lowest BCUT2D eigenvalue weighted by Gasteiger charge is -2.12. The van der Waals surface area contributed by atoms with Gasteiger partial charge in [-0.2, -0.15) is 0 Å². The molecule has 0 fully saturated rings. The maximum Gasteiger partial charge on any atom is 0.255 e. The van der Waals surface area contributed by atoms with Crippen molar-refractivity contribution >= 4 is 21.6 Å². The fourth-order valence-corrected chi connectivity index (χ4v) is 3.69. The Hall–Kier alpha value is -3.16. The minimum Gasteiger partial charge on any atom is -0.455 e. The summed E-state index contributed by atoms with van der Waals surface area (Å²) in [6, 6.07) is 20.5. The van der Waals surface area contributed by atoms with E-state index in [0.29, 0.717) is 29.3 Å². The largest absolute Gasteiger partial charge is 0.455 e. The highest BCUT2D eigenvalue weighted by Gasteiger charge is 2.15. The lowest BCUT2D eigenvalue weighted by Crippen LogP contribution is -2.23. The maximum absolute atomic E-state index is 12.6. The summed E-state index contributed by atoms with van der Waals surface area (Å²) in [5, 5.41) is 2.81. The number of amides is 1. The molecule has 0 aliphatic heterocycles. The number of carbonyl (C=O) groups excluding carboxylic acids is 1. The van der Waals surface area contributed by atoms with Crippen LogP contribution in [0, 0.1) is 6.92 Å². The smallest absolute Gasteiger partial charge is 0.255 e. The van der Waals surface area contributed by atoms with Crippen LogP contribution in [0.5, 0.6) is 11.5 Å². The van der Waals surface area contributed by atoms with E-state index in [2.05, 4.69) is 10.0 Å². The molecular weight excluding hydrogens is 388 g/mol. The van der Waals surface area contributed by atoms with Crippen LogP contribution in [0.25, 0.3) is 0 Å². The molecule has 0 aliphatic rings. The lowest BCUT2D eigenvalue weighted by atomic mass is 10.2. The highest BCUT2D eigenvalue weighted by molar-refractivity contribution is 7.89. The predicted octanol–water partition coefficient (Wildman–Crippen LogP) is 4.34. The van der Waals surface area contributed by atoms with E-state index < -0.39 is 10.0 Å². The molecule has 6 nitrogen and oxygen atoms in total. The second-order valence-corrected chi connectivity index (χ2v) is 8.16. The molecule has 0 radical (unpaired) electrons.